The minimum Gasteiger partial charge on any atom is -0.372 e. The number of guanidine groups is 1. The summed E-state index contributed by atoms with van der Waals surface area (Å²) in [5.41, 5.74) is 2.63. The zero-order chi connectivity index (χ0) is 22.2. The second kappa shape index (κ2) is 13.2. The van der Waals surface area contributed by atoms with Crippen LogP contribution in [0.1, 0.15) is 75.6 Å². The van der Waals surface area contributed by atoms with E-state index in [4.69, 9.17) is 4.99 Å². The Balaban J connectivity index is 0.00000306. The van der Waals surface area contributed by atoms with Crippen LogP contribution in [0.2, 0.25) is 0 Å². The molecule has 1 saturated heterocycles. The molecule has 0 spiro atoms. The topological polar surface area (TPSA) is 70.4 Å². The van der Waals surface area contributed by atoms with Gasteiger partial charge in [0.1, 0.15) is 11.6 Å². The number of hydrogen-bond donors (Lipinski definition) is 2. The van der Waals surface area contributed by atoms with Crippen molar-refractivity contribution in [3.05, 3.63) is 41.5 Å². The molecule has 1 unspecified atom stereocenters. The van der Waals surface area contributed by atoms with Crippen LogP contribution in [0.5, 0.6) is 0 Å². The molecule has 0 bridgehead atoms. The lowest BCUT2D eigenvalue weighted by atomic mass is 10.1. The number of halogens is 1. The van der Waals surface area contributed by atoms with Gasteiger partial charge in [0.15, 0.2) is 5.96 Å². The minimum absolute atomic E-state index is 0. The van der Waals surface area contributed by atoms with Gasteiger partial charge in [0.2, 0.25) is 0 Å². The molecule has 1 atom stereocenters. The first-order valence-corrected chi connectivity index (χ1v) is 12.6. The second-order valence-corrected chi connectivity index (χ2v) is 9.01. The molecule has 2 aliphatic heterocycles. The zero-order valence-electron chi connectivity index (χ0n) is 20.2. The molecule has 7 nitrogen and oxygen atoms in total. The van der Waals surface area contributed by atoms with E-state index in [1.54, 1.807) is 0 Å². The van der Waals surface area contributed by atoms with E-state index >= 15 is 0 Å². The van der Waals surface area contributed by atoms with Gasteiger partial charge in [-0.1, -0.05) is 18.6 Å². The first-order valence-electron chi connectivity index (χ1n) is 12.6. The van der Waals surface area contributed by atoms with Gasteiger partial charge in [-0.2, -0.15) is 0 Å². The molecule has 1 fully saturated rings. The highest BCUT2D eigenvalue weighted by molar-refractivity contribution is 14.0. The highest BCUT2D eigenvalue weighted by atomic mass is 127. The van der Waals surface area contributed by atoms with Crippen LogP contribution in [0, 0.1) is 0 Å². The molecule has 2 N–H and O–H groups in total. The molecule has 2 aromatic rings. The smallest absolute Gasteiger partial charge is 0.191 e. The molecule has 3 heterocycles. The fourth-order valence-corrected chi connectivity index (χ4v) is 4.73. The van der Waals surface area contributed by atoms with Gasteiger partial charge in [0, 0.05) is 51.3 Å². The second-order valence-electron chi connectivity index (χ2n) is 9.01. The first-order chi connectivity index (χ1) is 15.7. The van der Waals surface area contributed by atoms with E-state index in [1.165, 1.54) is 62.3 Å². The van der Waals surface area contributed by atoms with E-state index in [0.717, 1.165) is 50.7 Å². The highest BCUT2D eigenvalue weighted by Gasteiger charge is 2.16. The quantitative estimate of drug-likeness (QED) is 0.214. The summed E-state index contributed by atoms with van der Waals surface area (Å²) in [5, 5.41) is 15.9. The summed E-state index contributed by atoms with van der Waals surface area (Å²) in [4.78, 5) is 7.32. The molecule has 0 amide bonds. The Labute approximate surface area is 215 Å². The van der Waals surface area contributed by atoms with Gasteiger partial charge in [0.05, 0.1) is 6.04 Å². The lowest BCUT2D eigenvalue weighted by molar-refractivity contribution is 0.597. The third-order valence-electron chi connectivity index (χ3n) is 6.55. The molecule has 8 heteroatoms. The fraction of sp³-hybridized carbons (Fsp3) is 0.640. The number of aliphatic imine (C=N–C) groups is 1. The van der Waals surface area contributed by atoms with Crippen molar-refractivity contribution in [3.63, 3.8) is 0 Å². The molecule has 2 aliphatic rings. The van der Waals surface area contributed by atoms with Crippen LogP contribution in [0.4, 0.5) is 5.69 Å². The number of hydrogen-bond acceptors (Lipinski definition) is 4. The summed E-state index contributed by atoms with van der Waals surface area (Å²) in [7, 11) is 0. The lowest BCUT2D eigenvalue weighted by Crippen LogP contribution is -2.38. The van der Waals surface area contributed by atoms with Crippen LogP contribution in [-0.4, -0.2) is 46.9 Å². The van der Waals surface area contributed by atoms with Crippen LogP contribution in [-0.2, 0) is 19.4 Å². The maximum atomic E-state index is 4.84. The van der Waals surface area contributed by atoms with Crippen molar-refractivity contribution < 1.29 is 0 Å². The SMILES string of the molecule is CCNC(=NCCCc1nnc2n1CCCCC2)NC(C)c1cccc(N2CCCC2)c1.I. The van der Waals surface area contributed by atoms with E-state index < -0.39 is 0 Å². The van der Waals surface area contributed by atoms with Gasteiger partial charge in [-0.15, -0.1) is 34.2 Å². The monoisotopic (exact) mass is 565 g/mol. The van der Waals surface area contributed by atoms with Gasteiger partial charge < -0.3 is 20.1 Å². The normalized spacial score (nSPS) is 17.2. The van der Waals surface area contributed by atoms with Crippen molar-refractivity contribution in [2.45, 2.75) is 77.8 Å². The van der Waals surface area contributed by atoms with Crippen molar-refractivity contribution in [1.29, 1.82) is 0 Å². The third-order valence-corrected chi connectivity index (χ3v) is 6.55. The van der Waals surface area contributed by atoms with E-state index in [-0.39, 0.29) is 30.0 Å². The summed E-state index contributed by atoms with van der Waals surface area (Å²) in [6.45, 7) is 9.36. The summed E-state index contributed by atoms with van der Waals surface area (Å²) in [6.07, 6.45) is 9.35. The molecule has 33 heavy (non-hydrogen) atoms. The van der Waals surface area contributed by atoms with E-state index in [9.17, 15) is 0 Å². The Bertz CT molecular complexity index is 889. The summed E-state index contributed by atoms with van der Waals surface area (Å²) in [6, 6.07) is 9.13. The highest BCUT2D eigenvalue weighted by Crippen LogP contribution is 2.24. The van der Waals surface area contributed by atoms with Crippen molar-refractivity contribution in [2.24, 2.45) is 4.99 Å². The molecule has 1 aromatic carbocycles. The fourth-order valence-electron chi connectivity index (χ4n) is 4.73. The minimum atomic E-state index is 0. The summed E-state index contributed by atoms with van der Waals surface area (Å²) in [5.74, 6) is 3.18. The van der Waals surface area contributed by atoms with Gasteiger partial charge in [-0.05, 0) is 63.6 Å². The van der Waals surface area contributed by atoms with Crippen LogP contribution < -0.4 is 15.5 Å². The van der Waals surface area contributed by atoms with Crippen molar-refractivity contribution in [2.75, 3.05) is 31.1 Å². The average Bonchev–Trinajstić information content (AvgIpc) is 3.42. The van der Waals surface area contributed by atoms with Crippen molar-refractivity contribution >= 4 is 35.6 Å². The summed E-state index contributed by atoms with van der Waals surface area (Å²) >= 11 is 0. The number of aromatic nitrogens is 3. The van der Waals surface area contributed by atoms with Crippen LogP contribution >= 0.6 is 24.0 Å². The molecular formula is C25H40IN7. The van der Waals surface area contributed by atoms with Crippen LogP contribution in [0.25, 0.3) is 0 Å². The van der Waals surface area contributed by atoms with Gasteiger partial charge in [0.25, 0.3) is 0 Å². The Morgan fingerprint density at radius 3 is 2.73 bits per heavy atom. The number of fused-ring (bicyclic) bond motifs is 1. The van der Waals surface area contributed by atoms with Gasteiger partial charge in [-0.3, -0.25) is 4.99 Å². The lowest BCUT2D eigenvalue weighted by Gasteiger charge is -2.22. The molecule has 0 radical (unpaired) electrons. The van der Waals surface area contributed by atoms with E-state index in [0.29, 0.717) is 0 Å². The molecule has 0 aliphatic carbocycles. The van der Waals surface area contributed by atoms with Crippen molar-refractivity contribution in [3.8, 4) is 0 Å². The number of nitrogens with zero attached hydrogens (tertiary/aromatic N) is 5. The number of anilines is 1. The summed E-state index contributed by atoms with van der Waals surface area (Å²) < 4.78 is 2.34. The largest absolute Gasteiger partial charge is 0.372 e. The number of aryl methyl sites for hydroxylation is 2. The van der Waals surface area contributed by atoms with Gasteiger partial charge >= 0.3 is 0 Å². The Kier molecular flexibility index (Phi) is 10.3. The number of benzene rings is 1. The van der Waals surface area contributed by atoms with E-state index in [1.807, 2.05) is 0 Å². The molecule has 182 valence electrons. The molecular weight excluding hydrogens is 525 g/mol. The Hall–Kier alpha value is -1.84. The molecule has 4 rings (SSSR count). The maximum absolute atomic E-state index is 4.84. The Morgan fingerprint density at radius 1 is 1.09 bits per heavy atom. The van der Waals surface area contributed by atoms with Crippen LogP contribution in [0.15, 0.2) is 29.3 Å². The molecule has 0 saturated carbocycles. The van der Waals surface area contributed by atoms with E-state index in [2.05, 4.69) is 68.4 Å². The van der Waals surface area contributed by atoms with Gasteiger partial charge in [-0.25, -0.2) is 0 Å². The first kappa shape index (κ1) is 25.8. The standard InChI is InChI=1S/C25H39N7.HI/c1-3-26-25(27-15-10-14-24-30-29-23-13-5-4-6-18-32(23)24)28-20(2)21-11-9-12-22(19-21)31-16-7-8-17-31;/h9,11-12,19-20H,3-8,10,13-18H2,1-2H3,(H2,26,27,28);1H. The van der Waals surface area contributed by atoms with Crippen LogP contribution in [0.3, 0.4) is 0 Å². The molecule has 1 aromatic heterocycles. The Morgan fingerprint density at radius 2 is 1.91 bits per heavy atom. The number of nitrogens with one attached hydrogen (secondary N) is 2. The zero-order valence-corrected chi connectivity index (χ0v) is 22.6. The van der Waals surface area contributed by atoms with Crippen molar-refractivity contribution in [1.82, 2.24) is 25.4 Å². The number of rotatable bonds is 8. The third kappa shape index (κ3) is 7.07. The average molecular weight is 566 g/mol. The maximum Gasteiger partial charge on any atom is 0.191 e. The predicted octanol–water partition coefficient (Wildman–Crippen LogP) is 4.47. The predicted molar refractivity (Wildman–Crippen MR) is 147 cm³/mol.